The van der Waals surface area contributed by atoms with Gasteiger partial charge in [-0.05, 0) is 30.5 Å². The van der Waals surface area contributed by atoms with Crippen LogP contribution in [0.3, 0.4) is 0 Å². The highest BCUT2D eigenvalue weighted by Gasteiger charge is 2.42. The Kier molecular flexibility index (Phi) is 2.91. The number of nitrogens with two attached hydrogens (primary N) is 1. The topological polar surface area (TPSA) is 35.2 Å². The van der Waals surface area contributed by atoms with Gasteiger partial charge in [0.15, 0.2) is 0 Å². The van der Waals surface area contributed by atoms with Crippen LogP contribution in [0.25, 0.3) is 0 Å². The lowest BCUT2D eigenvalue weighted by Gasteiger charge is -2.13. The maximum atomic E-state index is 11.9. The van der Waals surface area contributed by atoms with Crippen LogP contribution in [0.5, 0.6) is 5.75 Å². The molecule has 1 aliphatic rings. The number of ether oxygens (including phenoxy) is 1. The molecule has 0 unspecified atom stereocenters. The minimum Gasteiger partial charge on any atom is -0.491 e. The number of alkyl halides is 1. The number of rotatable bonds is 5. The number of benzene rings is 1. The Morgan fingerprint density at radius 3 is 2.40 bits per heavy atom. The Bertz CT molecular complexity index is 319. The molecule has 1 aromatic carbocycles. The molecule has 1 fully saturated rings. The molecule has 0 heterocycles. The molecule has 2 nitrogen and oxygen atoms in total. The molecule has 1 aliphatic carbocycles. The molecule has 0 spiro atoms. The monoisotopic (exact) mass is 209 g/mol. The van der Waals surface area contributed by atoms with Crippen LogP contribution in [-0.2, 0) is 5.41 Å². The van der Waals surface area contributed by atoms with Gasteiger partial charge >= 0.3 is 0 Å². The second-order valence-corrected chi connectivity index (χ2v) is 4.05. The summed E-state index contributed by atoms with van der Waals surface area (Å²) in [5, 5.41) is 0. The smallest absolute Gasteiger partial charge is 0.123 e. The van der Waals surface area contributed by atoms with E-state index in [1.165, 1.54) is 18.4 Å². The van der Waals surface area contributed by atoms with Crippen LogP contribution in [0.15, 0.2) is 24.3 Å². The average molecular weight is 209 g/mol. The van der Waals surface area contributed by atoms with Crippen LogP contribution >= 0.6 is 0 Å². The Morgan fingerprint density at radius 2 is 1.93 bits per heavy atom. The molecule has 3 heteroatoms. The van der Waals surface area contributed by atoms with Gasteiger partial charge in [-0.25, -0.2) is 4.39 Å². The fourth-order valence-electron chi connectivity index (χ4n) is 1.82. The minimum absolute atomic E-state index is 0.126. The van der Waals surface area contributed by atoms with Crippen molar-refractivity contribution in [3.63, 3.8) is 0 Å². The third-order valence-electron chi connectivity index (χ3n) is 3.06. The zero-order valence-electron chi connectivity index (χ0n) is 8.71. The number of hydrogen-bond donors (Lipinski definition) is 1. The maximum Gasteiger partial charge on any atom is 0.123 e. The van der Waals surface area contributed by atoms with Crippen LogP contribution in [0.1, 0.15) is 18.4 Å². The lowest BCUT2D eigenvalue weighted by atomic mass is 9.96. The van der Waals surface area contributed by atoms with Gasteiger partial charge in [0.2, 0.25) is 0 Å². The van der Waals surface area contributed by atoms with Gasteiger partial charge in [0.1, 0.15) is 19.0 Å². The predicted molar refractivity (Wildman–Crippen MR) is 57.9 cm³/mol. The van der Waals surface area contributed by atoms with E-state index in [1.807, 2.05) is 24.3 Å². The van der Waals surface area contributed by atoms with Crippen LogP contribution in [0.4, 0.5) is 4.39 Å². The van der Waals surface area contributed by atoms with E-state index >= 15 is 0 Å². The first-order chi connectivity index (χ1) is 7.30. The molecule has 1 saturated carbocycles. The van der Waals surface area contributed by atoms with Crippen LogP contribution in [0.2, 0.25) is 0 Å². The first-order valence-corrected chi connectivity index (χ1v) is 5.30. The lowest BCUT2D eigenvalue weighted by Crippen LogP contribution is -2.19. The van der Waals surface area contributed by atoms with Gasteiger partial charge in [0, 0.05) is 12.0 Å². The highest BCUT2D eigenvalue weighted by atomic mass is 19.1. The molecule has 0 aliphatic heterocycles. The highest BCUT2D eigenvalue weighted by Crippen LogP contribution is 2.47. The fraction of sp³-hybridized carbons (Fsp3) is 0.500. The van der Waals surface area contributed by atoms with E-state index in [9.17, 15) is 4.39 Å². The maximum absolute atomic E-state index is 11.9. The summed E-state index contributed by atoms with van der Waals surface area (Å²) in [6.45, 7) is 0.382. The third kappa shape index (κ3) is 2.12. The van der Waals surface area contributed by atoms with E-state index in [0.29, 0.717) is 6.54 Å². The molecule has 1 aromatic rings. The van der Waals surface area contributed by atoms with Gasteiger partial charge < -0.3 is 10.5 Å². The van der Waals surface area contributed by atoms with Gasteiger partial charge in [-0.3, -0.25) is 0 Å². The molecule has 2 rings (SSSR count). The molecule has 82 valence electrons. The summed E-state index contributed by atoms with van der Waals surface area (Å²) in [5.74, 6) is 0.726. The molecule has 0 radical (unpaired) electrons. The van der Waals surface area contributed by atoms with Crippen molar-refractivity contribution in [3.05, 3.63) is 29.8 Å². The summed E-state index contributed by atoms with van der Waals surface area (Å²) in [7, 11) is 0. The van der Waals surface area contributed by atoms with Gasteiger partial charge in [-0.2, -0.15) is 0 Å². The van der Waals surface area contributed by atoms with Gasteiger partial charge in [-0.1, -0.05) is 12.1 Å². The molecule has 0 amide bonds. The van der Waals surface area contributed by atoms with E-state index in [2.05, 4.69) is 0 Å². The standard InChI is InChI=1S/C12H16FNO/c13-7-8-15-11-3-1-10(2-4-11)12(9-14)5-6-12/h1-4H,5-9,14H2. The van der Waals surface area contributed by atoms with Crippen molar-refractivity contribution in [2.75, 3.05) is 19.8 Å². The third-order valence-corrected chi connectivity index (χ3v) is 3.06. The van der Waals surface area contributed by atoms with Crippen LogP contribution in [0, 0.1) is 0 Å². The van der Waals surface area contributed by atoms with E-state index in [1.54, 1.807) is 0 Å². The van der Waals surface area contributed by atoms with Crippen LogP contribution < -0.4 is 10.5 Å². The Morgan fingerprint density at radius 1 is 1.27 bits per heavy atom. The van der Waals surface area contributed by atoms with E-state index < -0.39 is 6.67 Å². The normalized spacial score (nSPS) is 17.5. The van der Waals surface area contributed by atoms with Crippen molar-refractivity contribution < 1.29 is 9.13 Å². The van der Waals surface area contributed by atoms with Gasteiger partial charge in [-0.15, -0.1) is 0 Å². The van der Waals surface area contributed by atoms with Crippen molar-refractivity contribution in [1.82, 2.24) is 0 Å². The summed E-state index contributed by atoms with van der Waals surface area (Å²) in [5.41, 5.74) is 7.23. The second-order valence-electron chi connectivity index (χ2n) is 4.05. The number of halogens is 1. The number of hydrogen-bond acceptors (Lipinski definition) is 2. The molecule has 2 N–H and O–H groups in total. The summed E-state index contributed by atoms with van der Waals surface area (Å²) in [6, 6.07) is 7.85. The Labute approximate surface area is 89.2 Å². The van der Waals surface area contributed by atoms with E-state index in [0.717, 1.165) is 5.75 Å². The SMILES string of the molecule is NCC1(c2ccc(OCCF)cc2)CC1. The van der Waals surface area contributed by atoms with E-state index in [4.69, 9.17) is 10.5 Å². The van der Waals surface area contributed by atoms with Crippen molar-refractivity contribution in [2.45, 2.75) is 18.3 Å². The molecule has 0 aromatic heterocycles. The van der Waals surface area contributed by atoms with Crippen LogP contribution in [-0.4, -0.2) is 19.8 Å². The van der Waals surface area contributed by atoms with Crippen molar-refractivity contribution in [1.29, 1.82) is 0 Å². The van der Waals surface area contributed by atoms with E-state index in [-0.39, 0.29) is 12.0 Å². The zero-order valence-corrected chi connectivity index (χ0v) is 8.71. The summed E-state index contributed by atoms with van der Waals surface area (Å²) < 4.78 is 17.0. The summed E-state index contributed by atoms with van der Waals surface area (Å²) in [6.07, 6.45) is 2.35. The van der Waals surface area contributed by atoms with Crippen molar-refractivity contribution in [2.24, 2.45) is 5.73 Å². The zero-order chi connectivity index (χ0) is 10.7. The van der Waals surface area contributed by atoms with Gasteiger partial charge in [0.05, 0.1) is 0 Å². The largest absolute Gasteiger partial charge is 0.491 e. The van der Waals surface area contributed by atoms with Crippen molar-refractivity contribution >= 4 is 0 Å². The Balaban J connectivity index is 2.04. The molecular weight excluding hydrogens is 193 g/mol. The Hall–Kier alpha value is -1.09. The highest BCUT2D eigenvalue weighted by molar-refractivity contribution is 5.36. The molecule has 0 atom stereocenters. The first kappa shape index (κ1) is 10.4. The quantitative estimate of drug-likeness (QED) is 0.805. The molecule has 15 heavy (non-hydrogen) atoms. The predicted octanol–water partition coefficient (Wildman–Crippen LogP) is 2.03. The summed E-state index contributed by atoms with van der Waals surface area (Å²) in [4.78, 5) is 0. The average Bonchev–Trinajstić information content (AvgIpc) is 3.08. The molecular formula is C12H16FNO. The van der Waals surface area contributed by atoms with Gasteiger partial charge in [0.25, 0.3) is 0 Å². The van der Waals surface area contributed by atoms with Crippen molar-refractivity contribution in [3.8, 4) is 5.75 Å². The first-order valence-electron chi connectivity index (χ1n) is 5.30. The molecule has 0 bridgehead atoms. The minimum atomic E-state index is -0.450. The summed E-state index contributed by atoms with van der Waals surface area (Å²) >= 11 is 0. The lowest BCUT2D eigenvalue weighted by molar-refractivity contribution is 0.273. The second kappa shape index (κ2) is 4.19. The molecule has 0 saturated heterocycles. The fourth-order valence-corrected chi connectivity index (χ4v) is 1.82.